The first-order valence-corrected chi connectivity index (χ1v) is 8.30. The zero-order valence-corrected chi connectivity index (χ0v) is 12.6. The van der Waals surface area contributed by atoms with Crippen molar-refractivity contribution in [3.63, 3.8) is 0 Å². The molecule has 2 aromatic rings. The van der Waals surface area contributed by atoms with Crippen LogP contribution >= 0.6 is 10.9 Å². The van der Waals surface area contributed by atoms with Crippen LogP contribution in [0.3, 0.4) is 0 Å². The maximum Gasteiger partial charge on any atom is 0.311 e. The Kier molecular flexibility index (Phi) is 4.25. The second-order valence-corrected chi connectivity index (χ2v) is 6.70. The molecule has 0 radical (unpaired) electrons. The molecule has 5 heteroatoms. The van der Waals surface area contributed by atoms with E-state index in [4.69, 9.17) is 4.74 Å². The third-order valence-electron chi connectivity index (χ3n) is 3.28. The Hall–Kier alpha value is -2.53. The Morgan fingerprint density at radius 1 is 1.05 bits per heavy atom. The van der Waals surface area contributed by atoms with E-state index < -0.39 is 15.8 Å². The molecule has 0 atom stereocenters. The molecule has 0 fully saturated rings. The Morgan fingerprint density at radius 3 is 2.45 bits per heavy atom. The van der Waals surface area contributed by atoms with Crippen LogP contribution in [0.5, 0.6) is 5.75 Å². The minimum Gasteiger partial charge on any atom is -0.482 e. The molecule has 0 amide bonds. The monoisotopic (exact) mass is 313 g/mol. The van der Waals surface area contributed by atoms with Crippen LogP contribution in [-0.4, -0.2) is 4.92 Å². The number of thiol groups is 1. The molecule has 0 saturated heterocycles. The molecule has 22 heavy (non-hydrogen) atoms. The van der Waals surface area contributed by atoms with Crippen molar-refractivity contribution >= 4 is 16.6 Å². The summed E-state index contributed by atoms with van der Waals surface area (Å²) in [7, 11) is -0.517. The van der Waals surface area contributed by atoms with Crippen molar-refractivity contribution in [3.05, 3.63) is 87.2 Å². The maximum atomic E-state index is 11.2. The molecule has 0 unspecified atom stereocenters. The number of rotatable bonds is 5. The van der Waals surface area contributed by atoms with Crippen molar-refractivity contribution in [1.82, 2.24) is 0 Å². The van der Waals surface area contributed by atoms with Crippen molar-refractivity contribution in [2.24, 2.45) is 0 Å². The molecule has 0 aliphatic carbocycles. The lowest BCUT2D eigenvalue weighted by molar-refractivity contribution is -0.386. The van der Waals surface area contributed by atoms with Crippen LogP contribution in [0.15, 0.2) is 76.4 Å². The van der Waals surface area contributed by atoms with Gasteiger partial charge in [-0.3, -0.25) is 10.1 Å². The van der Waals surface area contributed by atoms with Crippen LogP contribution < -0.4 is 4.74 Å². The highest BCUT2D eigenvalue weighted by atomic mass is 32.2. The van der Waals surface area contributed by atoms with E-state index in [2.05, 4.69) is 10.8 Å². The highest BCUT2D eigenvalue weighted by molar-refractivity contribution is 8.22. The lowest BCUT2D eigenvalue weighted by Crippen LogP contribution is -1.99. The largest absolute Gasteiger partial charge is 0.482 e. The number of nitro groups is 1. The number of allylic oxidation sites excluding steroid dienone is 2. The highest BCUT2D eigenvalue weighted by Gasteiger charge is 2.17. The second kappa shape index (κ2) is 6.49. The molecule has 1 aliphatic rings. The highest BCUT2D eigenvalue weighted by Crippen LogP contribution is 2.44. The molecule has 1 aliphatic heterocycles. The molecule has 0 N–H and O–H groups in total. The molecule has 3 rings (SSSR count). The standard InChI is InChI=1S/C17H15NO3S/c19-18(20)16-9-8-15(22-10-4-5-11-22)12-17(16)21-13-14-6-2-1-3-7-14/h1-12,22H,13H2. The minimum atomic E-state index is -0.517. The number of hydrogen-bond acceptors (Lipinski definition) is 3. The second-order valence-electron chi connectivity index (χ2n) is 4.77. The predicted octanol–water partition coefficient (Wildman–Crippen LogP) is 4.57. The smallest absolute Gasteiger partial charge is 0.311 e. The molecule has 0 saturated carbocycles. The van der Waals surface area contributed by atoms with Crippen LogP contribution in [-0.2, 0) is 6.61 Å². The Labute approximate surface area is 131 Å². The first-order chi connectivity index (χ1) is 10.7. The summed E-state index contributed by atoms with van der Waals surface area (Å²) in [6, 6.07) is 14.7. The van der Waals surface area contributed by atoms with E-state index >= 15 is 0 Å². The SMILES string of the molecule is O=[N+]([O-])c1ccc([SH]2C=CC=C2)cc1OCc1ccccc1. The van der Waals surface area contributed by atoms with Gasteiger partial charge in [0.2, 0.25) is 0 Å². The maximum absolute atomic E-state index is 11.2. The summed E-state index contributed by atoms with van der Waals surface area (Å²) < 4.78 is 5.71. The average molecular weight is 313 g/mol. The fourth-order valence-electron chi connectivity index (χ4n) is 2.17. The molecule has 1 heterocycles. The molecule has 0 spiro atoms. The topological polar surface area (TPSA) is 52.4 Å². The molecule has 4 nitrogen and oxygen atoms in total. The van der Waals surface area contributed by atoms with Crippen molar-refractivity contribution in [2.45, 2.75) is 11.5 Å². The normalized spacial score (nSPS) is 14.3. The third kappa shape index (κ3) is 3.20. The Morgan fingerprint density at radius 2 is 1.77 bits per heavy atom. The van der Waals surface area contributed by atoms with Gasteiger partial charge >= 0.3 is 5.69 Å². The van der Waals surface area contributed by atoms with E-state index in [1.807, 2.05) is 42.5 Å². The molecule has 0 aromatic heterocycles. The van der Waals surface area contributed by atoms with Crippen LogP contribution in [0.1, 0.15) is 5.56 Å². The van der Waals surface area contributed by atoms with Gasteiger partial charge in [0.15, 0.2) is 5.75 Å². The number of nitrogens with zero attached hydrogens (tertiary/aromatic N) is 1. The van der Waals surface area contributed by atoms with Crippen molar-refractivity contribution in [2.75, 3.05) is 0 Å². The molecule has 112 valence electrons. The van der Waals surface area contributed by atoms with Crippen LogP contribution in [0.25, 0.3) is 0 Å². The quantitative estimate of drug-likeness (QED) is 0.499. The van der Waals surface area contributed by atoms with Crippen LogP contribution in [0.4, 0.5) is 5.69 Å². The number of hydrogen-bond donors (Lipinski definition) is 1. The van der Waals surface area contributed by atoms with E-state index in [1.165, 1.54) is 6.07 Å². The summed E-state index contributed by atoms with van der Waals surface area (Å²) >= 11 is 0. The van der Waals surface area contributed by atoms with E-state index in [0.717, 1.165) is 10.5 Å². The van der Waals surface area contributed by atoms with E-state index in [0.29, 0.717) is 12.4 Å². The predicted molar refractivity (Wildman–Crippen MR) is 89.4 cm³/mol. The summed E-state index contributed by atoms with van der Waals surface area (Å²) in [6.45, 7) is 0.314. The van der Waals surface area contributed by atoms with Gasteiger partial charge in [0, 0.05) is 6.07 Å². The van der Waals surface area contributed by atoms with Gasteiger partial charge < -0.3 is 4.74 Å². The number of ether oxygens (including phenoxy) is 1. The molecule has 2 aromatic carbocycles. The van der Waals surface area contributed by atoms with Gasteiger partial charge in [0.25, 0.3) is 0 Å². The van der Waals surface area contributed by atoms with Gasteiger partial charge in [0.1, 0.15) is 6.61 Å². The summed E-state index contributed by atoms with van der Waals surface area (Å²) in [6.07, 6.45) is 4.00. The van der Waals surface area contributed by atoms with Gasteiger partial charge in [-0.15, -0.1) is 0 Å². The van der Waals surface area contributed by atoms with Crippen molar-refractivity contribution < 1.29 is 9.66 Å². The third-order valence-corrected chi connectivity index (χ3v) is 5.14. The fraction of sp³-hybridized carbons (Fsp3) is 0.0588. The lowest BCUT2D eigenvalue weighted by atomic mass is 10.2. The van der Waals surface area contributed by atoms with Gasteiger partial charge in [-0.2, -0.15) is 10.9 Å². The molecular weight excluding hydrogens is 298 g/mol. The summed E-state index contributed by atoms with van der Waals surface area (Å²) in [4.78, 5) is 11.8. The van der Waals surface area contributed by atoms with Gasteiger partial charge in [-0.1, -0.05) is 42.5 Å². The van der Waals surface area contributed by atoms with E-state index in [1.54, 1.807) is 12.1 Å². The first-order valence-electron chi connectivity index (χ1n) is 6.82. The molecular formula is C17H15NO3S. The Balaban J connectivity index is 1.86. The zero-order chi connectivity index (χ0) is 15.4. The van der Waals surface area contributed by atoms with Crippen molar-refractivity contribution in [1.29, 1.82) is 0 Å². The van der Waals surface area contributed by atoms with Crippen molar-refractivity contribution in [3.8, 4) is 5.75 Å². The number of nitro benzene ring substituents is 1. The first kappa shape index (κ1) is 14.4. The fourth-order valence-corrected chi connectivity index (χ4v) is 3.70. The van der Waals surface area contributed by atoms with Crippen LogP contribution in [0.2, 0.25) is 0 Å². The average Bonchev–Trinajstić information content (AvgIpc) is 3.08. The van der Waals surface area contributed by atoms with E-state index in [9.17, 15) is 10.1 Å². The van der Waals surface area contributed by atoms with E-state index in [-0.39, 0.29) is 5.69 Å². The summed E-state index contributed by atoms with van der Waals surface area (Å²) in [5.41, 5.74) is 0.982. The summed E-state index contributed by atoms with van der Waals surface area (Å²) in [5.74, 6) is 0.322. The van der Waals surface area contributed by atoms with Gasteiger partial charge in [-0.25, -0.2) is 0 Å². The van der Waals surface area contributed by atoms with Gasteiger partial charge in [0.05, 0.1) is 4.92 Å². The van der Waals surface area contributed by atoms with Crippen LogP contribution in [0, 0.1) is 10.1 Å². The summed E-state index contributed by atoms with van der Waals surface area (Å²) in [5, 5.41) is 15.4. The minimum absolute atomic E-state index is 0.00170. The Bertz CT molecular complexity index is 729. The molecule has 0 bridgehead atoms. The zero-order valence-electron chi connectivity index (χ0n) is 11.8. The number of benzene rings is 2. The lowest BCUT2D eigenvalue weighted by Gasteiger charge is -2.13. The van der Waals surface area contributed by atoms with Gasteiger partial charge in [-0.05, 0) is 33.4 Å².